The van der Waals surface area contributed by atoms with E-state index in [1.54, 1.807) is 41.9 Å². The summed E-state index contributed by atoms with van der Waals surface area (Å²) in [7, 11) is 1.79. The first-order valence-electron chi connectivity index (χ1n) is 9.37. The van der Waals surface area contributed by atoms with E-state index in [2.05, 4.69) is 21.7 Å². The second kappa shape index (κ2) is 8.52. The first-order valence-corrected chi connectivity index (χ1v) is 9.37. The van der Waals surface area contributed by atoms with Gasteiger partial charge in [0, 0.05) is 30.2 Å². The molecular weight excluding hydrogens is 368 g/mol. The molecule has 0 atom stereocenters. The summed E-state index contributed by atoms with van der Waals surface area (Å²) in [5.41, 5.74) is 4.51. The van der Waals surface area contributed by atoms with Crippen LogP contribution in [0.2, 0.25) is 0 Å². The van der Waals surface area contributed by atoms with Crippen LogP contribution < -0.4 is 11.0 Å². The lowest BCUT2D eigenvalue weighted by Crippen LogP contribution is -2.29. The Labute approximate surface area is 168 Å². The summed E-state index contributed by atoms with van der Waals surface area (Å²) >= 11 is 0. The van der Waals surface area contributed by atoms with Crippen LogP contribution in [0, 0.1) is 18.3 Å². The van der Waals surface area contributed by atoms with Crippen molar-refractivity contribution in [2.45, 2.75) is 33.2 Å². The van der Waals surface area contributed by atoms with Crippen LogP contribution in [0.15, 0.2) is 40.2 Å². The lowest BCUT2D eigenvalue weighted by atomic mass is 10.1. The molecule has 0 fully saturated rings. The molecule has 0 bridgehead atoms. The summed E-state index contributed by atoms with van der Waals surface area (Å²) in [5.74, 6) is -0.503. The number of nitriles is 1. The fourth-order valence-electron chi connectivity index (χ4n) is 3.04. The van der Waals surface area contributed by atoms with Crippen LogP contribution in [0.3, 0.4) is 0 Å². The van der Waals surface area contributed by atoms with E-state index in [-0.39, 0.29) is 11.3 Å². The number of hydrazone groups is 1. The standard InChI is InChI=1S/C21H22N6O2/c1-4-5-10-27-21(29)18-9-7-6-8-17(18)19(25-27)20(28)24-23-13-15-11-16(12-22)26(3)14(15)2/h6-9,11,13H,4-5,10H2,1-3H3,(H,24,28)/b23-13-. The van der Waals surface area contributed by atoms with Crippen LogP contribution >= 0.6 is 0 Å². The number of amides is 1. The highest BCUT2D eigenvalue weighted by Crippen LogP contribution is 2.14. The maximum Gasteiger partial charge on any atom is 0.292 e. The molecule has 3 rings (SSSR count). The van der Waals surface area contributed by atoms with Gasteiger partial charge in [-0.1, -0.05) is 31.5 Å². The molecule has 148 valence electrons. The van der Waals surface area contributed by atoms with Crippen molar-refractivity contribution in [3.63, 3.8) is 0 Å². The molecule has 8 nitrogen and oxygen atoms in total. The number of carbonyl (C=O) groups excluding carboxylic acids is 1. The van der Waals surface area contributed by atoms with Gasteiger partial charge >= 0.3 is 0 Å². The van der Waals surface area contributed by atoms with Gasteiger partial charge in [0.25, 0.3) is 11.5 Å². The van der Waals surface area contributed by atoms with E-state index in [0.717, 1.165) is 24.1 Å². The van der Waals surface area contributed by atoms with Gasteiger partial charge in [0.05, 0.1) is 11.6 Å². The second-order valence-corrected chi connectivity index (χ2v) is 6.72. The average Bonchev–Trinajstić information content (AvgIpc) is 3.01. The first kappa shape index (κ1) is 20.0. The molecule has 0 saturated heterocycles. The molecule has 0 saturated carbocycles. The molecule has 2 aromatic heterocycles. The van der Waals surface area contributed by atoms with Gasteiger partial charge < -0.3 is 4.57 Å². The van der Waals surface area contributed by atoms with Crippen LogP contribution in [0.1, 0.15) is 47.2 Å². The molecule has 2 heterocycles. The van der Waals surface area contributed by atoms with Gasteiger partial charge in [-0.3, -0.25) is 9.59 Å². The van der Waals surface area contributed by atoms with E-state index < -0.39 is 5.91 Å². The van der Waals surface area contributed by atoms with Gasteiger partial charge in [0.15, 0.2) is 5.69 Å². The van der Waals surface area contributed by atoms with Crippen molar-refractivity contribution < 1.29 is 4.79 Å². The molecule has 1 amide bonds. The molecule has 0 aliphatic heterocycles. The van der Waals surface area contributed by atoms with Gasteiger partial charge in [-0.15, -0.1) is 0 Å². The number of fused-ring (bicyclic) bond motifs is 1. The molecule has 0 spiro atoms. The molecule has 0 aliphatic carbocycles. The van der Waals surface area contributed by atoms with Crippen molar-refractivity contribution in [1.82, 2.24) is 19.8 Å². The number of nitrogens with one attached hydrogen (secondary N) is 1. The Morgan fingerprint density at radius 2 is 2.07 bits per heavy atom. The molecule has 29 heavy (non-hydrogen) atoms. The van der Waals surface area contributed by atoms with Gasteiger partial charge in [-0.2, -0.15) is 15.5 Å². The SMILES string of the molecule is CCCCn1nc(C(=O)N/N=C\c2cc(C#N)n(C)c2C)c2ccccc2c1=O. The summed E-state index contributed by atoms with van der Waals surface area (Å²) in [5, 5.41) is 18.3. The maximum atomic E-state index is 12.7. The Morgan fingerprint density at radius 3 is 2.72 bits per heavy atom. The number of hydrogen-bond donors (Lipinski definition) is 1. The monoisotopic (exact) mass is 390 g/mol. The summed E-state index contributed by atoms with van der Waals surface area (Å²) in [4.78, 5) is 25.4. The van der Waals surface area contributed by atoms with E-state index in [9.17, 15) is 9.59 Å². The van der Waals surface area contributed by atoms with Crippen LogP contribution in [0.4, 0.5) is 0 Å². The third-order valence-corrected chi connectivity index (χ3v) is 4.87. The molecular formula is C21H22N6O2. The quantitative estimate of drug-likeness (QED) is 0.515. The Balaban J connectivity index is 1.92. The van der Waals surface area contributed by atoms with Crippen molar-refractivity contribution in [3.05, 3.63) is 63.3 Å². The zero-order valence-corrected chi connectivity index (χ0v) is 16.6. The van der Waals surface area contributed by atoms with Crippen molar-refractivity contribution >= 4 is 22.9 Å². The van der Waals surface area contributed by atoms with E-state index in [1.165, 1.54) is 10.9 Å². The van der Waals surface area contributed by atoms with Crippen LogP contribution in [-0.2, 0) is 13.6 Å². The lowest BCUT2D eigenvalue weighted by Gasteiger charge is -2.09. The number of carbonyl (C=O) groups is 1. The maximum absolute atomic E-state index is 12.7. The third kappa shape index (κ3) is 3.94. The molecule has 3 aromatic rings. The number of aromatic nitrogens is 3. The van der Waals surface area contributed by atoms with Crippen LogP contribution in [-0.4, -0.2) is 26.5 Å². The number of benzene rings is 1. The van der Waals surface area contributed by atoms with Crippen molar-refractivity contribution in [2.24, 2.45) is 12.1 Å². The lowest BCUT2D eigenvalue weighted by molar-refractivity contribution is 0.0949. The topological polar surface area (TPSA) is 105 Å². The summed E-state index contributed by atoms with van der Waals surface area (Å²) in [6.45, 7) is 4.34. The molecule has 1 N–H and O–H groups in total. The number of rotatable bonds is 6. The highest BCUT2D eigenvalue weighted by atomic mass is 16.2. The largest absolute Gasteiger partial charge is 0.339 e. The van der Waals surface area contributed by atoms with E-state index in [1.807, 2.05) is 13.8 Å². The molecule has 0 unspecified atom stereocenters. The Hall–Kier alpha value is -3.73. The number of hydrogen-bond acceptors (Lipinski definition) is 5. The van der Waals surface area contributed by atoms with Gasteiger partial charge in [-0.05, 0) is 25.5 Å². The van der Waals surface area contributed by atoms with Crippen molar-refractivity contribution in [3.8, 4) is 6.07 Å². The van der Waals surface area contributed by atoms with Gasteiger partial charge in [0.2, 0.25) is 0 Å². The molecule has 0 aliphatic rings. The minimum absolute atomic E-state index is 0.149. The Kier molecular flexibility index (Phi) is 5.88. The normalized spacial score (nSPS) is 11.1. The average molecular weight is 390 g/mol. The highest BCUT2D eigenvalue weighted by Gasteiger charge is 2.16. The zero-order valence-electron chi connectivity index (χ0n) is 16.6. The van der Waals surface area contributed by atoms with Crippen LogP contribution in [0.25, 0.3) is 10.8 Å². The highest BCUT2D eigenvalue weighted by molar-refractivity contribution is 6.05. The number of unbranched alkanes of at least 4 members (excludes halogenated alkanes) is 1. The summed E-state index contributed by atoms with van der Waals surface area (Å²) < 4.78 is 3.09. The predicted octanol–water partition coefficient (Wildman–Crippen LogP) is 2.48. The summed E-state index contributed by atoms with van der Waals surface area (Å²) in [6.07, 6.45) is 3.19. The smallest absolute Gasteiger partial charge is 0.292 e. The fourth-order valence-corrected chi connectivity index (χ4v) is 3.04. The van der Waals surface area contributed by atoms with Crippen LogP contribution in [0.5, 0.6) is 0 Å². The van der Waals surface area contributed by atoms with E-state index in [4.69, 9.17) is 5.26 Å². The zero-order chi connectivity index (χ0) is 21.0. The Bertz CT molecular complexity index is 1200. The van der Waals surface area contributed by atoms with Crippen molar-refractivity contribution in [1.29, 1.82) is 5.26 Å². The fraction of sp³-hybridized carbons (Fsp3) is 0.286. The van der Waals surface area contributed by atoms with E-state index >= 15 is 0 Å². The van der Waals surface area contributed by atoms with Gasteiger partial charge in [-0.25, -0.2) is 10.1 Å². The molecule has 8 heteroatoms. The molecule has 0 radical (unpaired) electrons. The van der Waals surface area contributed by atoms with Gasteiger partial charge in [0.1, 0.15) is 11.8 Å². The number of aryl methyl sites for hydroxylation is 1. The van der Waals surface area contributed by atoms with E-state index in [0.29, 0.717) is 23.0 Å². The third-order valence-electron chi connectivity index (χ3n) is 4.87. The van der Waals surface area contributed by atoms with Crippen molar-refractivity contribution in [2.75, 3.05) is 0 Å². The summed E-state index contributed by atoms with van der Waals surface area (Å²) in [6, 6.07) is 10.7. The minimum Gasteiger partial charge on any atom is -0.339 e. The minimum atomic E-state index is -0.503. The number of nitrogens with zero attached hydrogens (tertiary/aromatic N) is 5. The molecule has 1 aromatic carbocycles. The predicted molar refractivity (Wildman–Crippen MR) is 111 cm³/mol. The first-order chi connectivity index (χ1) is 14.0. The Morgan fingerprint density at radius 1 is 1.34 bits per heavy atom. The second-order valence-electron chi connectivity index (χ2n) is 6.72.